The molecule has 4 nitrogen and oxygen atoms in total. The highest BCUT2D eigenvalue weighted by Gasteiger charge is 2.32. The zero-order chi connectivity index (χ0) is 24.4. The van der Waals surface area contributed by atoms with Crippen molar-refractivity contribution >= 4 is 17.2 Å². The summed E-state index contributed by atoms with van der Waals surface area (Å²) in [6.07, 6.45) is 1.70. The third-order valence-corrected chi connectivity index (χ3v) is 7.72. The monoisotopic (exact) mass is 483 g/mol. The van der Waals surface area contributed by atoms with E-state index in [0.29, 0.717) is 17.9 Å². The molecule has 4 aromatic rings. The number of amides is 1. The summed E-state index contributed by atoms with van der Waals surface area (Å²) >= 11 is 1.70. The molecule has 1 aliphatic carbocycles. The minimum atomic E-state index is 0.0191. The van der Waals surface area contributed by atoms with Crippen molar-refractivity contribution in [3.63, 3.8) is 0 Å². The van der Waals surface area contributed by atoms with Crippen LogP contribution in [0.3, 0.4) is 0 Å². The molecule has 5 rings (SSSR count). The molecule has 178 valence electrons. The molecule has 1 aromatic heterocycles. The van der Waals surface area contributed by atoms with Gasteiger partial charge in [0.05, 0.1) is 19.8 Å². The van der Waals surface area contributed by atoms with E-state index in [0.717, 1.165) is 34.6 Å². The van der Waals surface area contributed by atoms with Crippen LogP contribution in [0.5, 0.6) is 11.5 Å². The fourth-order valence-corrected chi connectivity index (χ4v) is 5.77. The van der Waals surface area contributed by atoms with E-state index < -0.39 is 0 Å². The number of hydrogen-bond acceptors (Lipinski definition) is 4. The topological polar surface area (TPSA) is 38.8 Å². The first-order chi connectivity index (χ1) is 17.1. The molecule has 5 heteroatoms. The van der Waals surface area contributed by atoms with Gasteiger partial charge in [-0.15, -0.1) is 11.3 Å². The van der Waals surface area contributed by atoms with Gasteiger partial charge in [-0.05, 0) is 78.9 Å². The molecule has 0 spiro atoms. The van der Waals surface area contributed by atoms with Gasteiger partial charge >= 0.3 is 0 Å². The van der Waals surface area contributed by atoms with Crippen molar-refractivity contribution in [3.05, 3.63) is 106 Å². The van der Waals surface area contributed by atoms with E-state index in [1.165, 1.54) is 16.0 Å². The number of methoxy groups -OCH3 is 2. The Kier molecular flexibility index (Phi) is 6.60. The van der Waals surface area contributed by atoms with E-state index in [1.807, 2.05) is 41.3 Å². The summed E-state index contributed by atoms with van der Waals surface area (Å²) in [4.78, 5) is 18.7. The van der Waals surface area contributed by atoms with Crippen molar-refractivity contribution in [1.82, 2.24) is 4.90 Å². The van der Waals surface area contributed by atoms with E-state index in [1.54, 1.807) is 25.6 Å². The van der Waals surface area contributed by atoms with Crippen LogP contribution in [0.2, 0.25) is 0 Å². The summed E-state index contributed by atoms with van der Waals surface area (Å²) in [7, 11) is 3.31. The van der Waals surface area contributed by atoms with Crippen molar-refractivity contribution < 1.29 is 14.3 Å². The normalized spacial score (nSPS) is 12.9. The molecule has 0 saturated heterocycles. The molecule has 0 unspecified atom stereocenters. The van der Waals surface area contributed by atoms with Gasteiger partial charge in [0.2, 0.25) is 0 Å². The number of nitrogens with zero attached hydrogens (tertiary/aromatic N) is 1. The first-order valence-electron chi connectivity index (χ1n) is 11.8. The lowest BCUT2D eigenvalue weighted by molar-refractivity contribution is 0.0668. The van der Waals surface area contributed by atoms with Gasteiger partial charge in [-0.25, -0.2) is 0 Å². The smallest absolute Gasteiger partial charge is 0.255 e. The van der Waals surface area contributed by atoms with Crippen LogP contribution in [0.25, 0.3) is 10.4 Å². The highest BCUT2D eigenvalue weighted by Crippen LogP contribution is 2.35. The molecule has 0 saturated carbocycles. The summed E-state index contributed by atoms with van der Waals surface area (Å²) in [5, 5.41) is 0. The minimum Gasteiger partial charge on any atom is -0.497 e. The van der Waals surface area contributed by atoms with Crippen LogP contribution in [-0.4, -0.2) is 31.1 Å². The second kappa shape index (κ2) is 9.96. The first-order valence-corrected chi connectivity index (χ1v) is 12.6. The van der Waals surface area contributed by atoms with Gasteiger partial charge in [-0.1, -0.05) is 36.4 Å². The largest absolute Gasteiger partial charge is 0.497 e. The van der Waals surface area contributed by atoms with Gasteiger partial charge in [-0.2, -0.15) is 0 Å². The lowest BCUT2D eigenvalue weighted by Crippen LogP contribution is -2.40. The molecular formula is C30H29NO3S. The Labute approximate surface area is 210 Å². The van der Waals surface area contributed by atoms with Crippen LogP contribution in [0.15, 0.2) is 78.9 Å². The average Bonchev–Trinajstić information content (AvgIpc) is 3.52. The van der Waals surface area contributed by atoms with E-state index in [2.05, 4.69) is 49.4 Å². The van der Waals surface area contributed by atoms with E-state index in [-0.39, 0.29) is 11.9 Å². The molecule has 1 amide bonds. The Morgan fingerprint density at radius 2 is 1.60 bits per heavy atom. The Morgan fingerprint density at radius 1 is 0.886 bits per heavy atom. The maximum absolute atomic E-state index is 14.4. The van der Waals surface area contributed by atoms with Gasteiger partial charge in [0, 0.05) is 27.9 Å². The lowest BCUT2D eigenvalue weighted by Gasteiger charge is -2.30. The molecule has 0 fully saturated rings. The predicted octanol–water partition coefficient (Wildman–Crippen LogP) is 6.55. The van der Waals surface area contributed by atoms with Gasteiger partial charge < -0.3 is 14.4 Å². The van der Waals surface area contributed by atoms with E-state index >= 15 is 0 Å². The van der Waals surface area contributed by atoms with Gasteiger partial charge in [-0.3, -0.25) is 4.79 Å². The Balaban J connectivity index is 1.56. The quantitative estimate of drug-likeness (QED) is 0.299. The lowest BCUT2D eigenvalue weighted by atomic mass is 10.0. The zero-order valence-corrected chi connectivity index (χ0v) is 21.1. The molecule has 0 atom stereocenters. The van der Waals surface area contributed by atoms with Gasteiger partial charge in [0.15, 0.2) is 0 Å². The summed E-state index contributed by atoms with van der Waals surface area (Å²) in [5.74, 6) is 1.49. The van der Waals surface area contributed by atoms with Gasteiger partial charge in [0.25, 0.3) is 5.91 Å². The number of benzene rings is 3. The number of carbonyl (C=O) groups is 1. The highest BCUT2D eigenvalue weighted by molar-refractivity contribution is 7.15. The fraction of sp³-hybridized carbons (Fsp3) is 0.233. The highest BCUT2D eigenvalue weighted by atomic mass is 32.1. The van der Waals surface area contributed by atoms with Crippen LogP contribution in [0.1, 0.15) is 31.9 Å². The first kappa shape index (κ1) is 23.2. The van der Waals surface area contributed by atoms with Crippen molar-refractivity contribution in [2.24, 2.45) is 0 Å². The second-order valence-corrected chi connectivity index (χ2v) is 10.2. The maximum Gasteiger partial charge on any atom is 0.255 e. The predicted molar refractivity (Wildman–Crippen MR) is 142 cm³/mol. The molecule has 3 aromatic carbocycles. The SMILES string of the molecule is COc1cccc(CN(C(=O)c2cc(OC)ccc2-c2ccc(C)s2)C2Cc3ccccc3C2)c1. The van der Waals surface area contributed by atoms with Crippen LogP contribution in [-0.2, 0) is 19.4 Å². The maximum atomic E-state index is 14.4. The van der Waals surface area contributed by atoms with Crippen molar-refractivity contribution in [2.45, 2.75) is 32.4 Å². The Hall–Kier alpha value is -3.57. The minimum absolute atomic E-state index is 0.0191. The Morgan fingerprint density at radius 3 is 2.26 bits per heavy atom. The molecule has 1 aliphatic rings. The van der Waals surface area contributed by atoms with Gasteiger partial charge in [0.1, 0.15) is 11.5 Å². The Bertz CT molecular complexity index is 1330. The number of aryl methyl sites for hydroxylation is 1. The number of fused-ring (bicyclic) bond motifs is 1. The molecule has 35 heavy (non-hydrogen) atoms. The standard InChI is InChI=1S/C30H29NO3S/c1-20-11-14-29(35-20)27-13-12-26(34-3)18-28(27)30(32)31(19-21-7-6-10-25(15-21)33-2)24-16-22-8-4-5-9-23(22)17-24/h4-15,18,24H,16-17,19H2,1-3H3. The van der Waals surface area contributed by atoms with Crippen LogP contribution in [0.4, 0.5) is 0 Å². The van der Waals surface area contributed by atoms with Crippen LogP contribution >= 0.6 is 11.3 Å². The molecule has 0 bridgehead atoms. The molecule has 0 N–H and O–H groups in total. The van der Waals surface area contributed by atoms with Crippen molar-refractivity contribution in [3.8, 4) is 21.9 Å². The molecule has 0 radical (unpaired) electrons. The fourth-order valence-electron chi connectivity index (χ4n) is 4.87. The number of carbonyl (C=O) groups excluding carboxylic acids is 1. The van der Waals surface area contributed by atoms with E-state index in [4.69, 9.17) is 9.47 Å². The third-order valence-electron chi connectivity index (χ3n) is 6.68. The van der Waals surface area contributed by atoms with E-state index in [9.17, 15) is 4.79 Å². The van der Waals surface area contributed by atoms with Crippen LogP contribution < -0.4 is 9.47 Å². The average molecular weight is 484 g/mol. The number of hydrogen-bond donors (Lipinski definition) is 0. The third kappa shape index (κ3) is 4.82. The van der Waals surface area contributed by atoms with Crippen LogP contribution in [0, 0.1) is 6.92 Å². The zero-order valence-electron chi connectivity index (χ0n) is 20.3. The van der Waals surface area contributed by atoms with Crippen molar-refractivity contribution in [2.75, 3.05) is 14.2 Å². The van der Waals surface area contributed by atoms with Crippen molar-refractivity contribution in [1.29, 1.82) is 0 Å². The number of ether oxygens (including phenoxy) is 2. The molecule has 1 heterocycles. The number of thiophene rings is 1. The summed E-state index contributed by atoms with van der Waals surface area (Å²) in [6, 6.07) is 26.6. The number of rotatable bonds is 7. The molecule has 0 aliphatic heterocycles. The summed E-state index contributed by atoms with van der Waals surface area (Å²) < 4.78 is 11.0. The molecular weight excluding hydrogens is 454 g/mol. The summed E-state index contributed by atoms with van der Waals surface area (Å²) in [5.41, 5.74) is 5.30. The second-order valence-electron chi connectivity index (χ2n) is 8.94. The summed E-state index contributed by atoms with van der Waals surface area (Å²) in [6.45, 7) is 2.60.